The molecular weight excluding hydrogens is 266 g/mol. The van der Waals surface area contributed by atoms with Gasteiger partial charge in [0.2, 0.25) is 5.91 Å². The molecule has 2 aromatic rings. The maximum Gasteiger partial charge on any atom is 0.331 e. The molecule has 0 heterocycles. The van der Waals surface area contributed by atoms with Gasteiger partial charge in [0.15, 0.2) is 0 Å². The van der Waals surface area contributed by atoms with E-state index in [1.165, 1.54) is 0 Å². The Kier molecular flexibility index (Phi) is 4.51. The molecule has 2 N–H and O–H groups in total. The summed E-state index contributed by atoms with van der Waals surface area (Å²) in [7, 11) is 0. The van der Waals surface area contributed by atoms with Crippen LogP contribution in [0.5, 0.6) is 0 Å². The fraction of sp³-hybridized carbons (Fsp3) is 0.0588. The summed E-state index contributed by atoms with van der Waals surface area (Å²) < 4.78 is 0. The lowest BCUT2D eigenvalue weighted by atomic mass is 10.1. The highest BCUT2D eigenvalue weighted by Crippen LogP contribution is 2.21. The summed E-state index contributed by atoms with van der Waals surface area (Å²) in [5.74, 6) is -1.56. The SMILES string of the molecule is C=C(CC(=O)Nc1ccc(-c2ccccc2)cc1)C(=O)O. The molecule has 0 spiro atoms. The average molecular weight is 281 g/mol. The molecule has 4 heteroatoms. The van der Waals surface area contributed by atoms with Crippen LogP contribution in [0.15, 0.2) is 66.7 Å². The van der Waals surface area contributed by atoms with Crippen LogP contribution >= 0.6 is 0 Å². The van der Waals surface area contributed by atoms with E-state index in [0.717, 1.165) is 11.1 Å². The standard InChI is InChI=1S/C17H15NO3/c1-12(17(20)21)11-16(19)18-15-9-7-14(8-10-15)13-5-3-2-4-6-13/h2-10H,1,11H2,(H,18,19)(H,20,21). The number of anilines is 1. The first-order valence-electron chi connectivity index (χ1n) is 6.42. The third-order valence-electron chi connectivity index (χ3n) is 2.95. The molecule has 2 rings (SSSR count). The van der Waals surface area contributed by atoms with E-state index in [4.69, 9.17) is 5.11 Å². The Morgan fingerprint density at radius 1 is 0.952 bits per heavy atom. The van der Waals surface area contributed by atoms with E-state index in [0.29, 0.717) is 5.69 Å². The Labute approximate surface area is 122 Å². The van der Waals surface area contributed by atoms with Gasteiger partial charge in [-0.25, -0.2) is 4.79 Å². The summed E-state index contributed by atoms with van der Waals surface area (Å²) in [5, 5.41) is 11.3. The Morgan fingerprint density at radius 2 is 1.52 bits per heavy atom. The molecule has 0 aliphatic rings. The van der Waals surface area contributed by atoms with Crippen molar-refractivity contribution >= 4 is 17.6 Å². The number of carboxylic acid groups (broad SMARTS) is 1. The second kappa shape index (κ2) is 6.52. The fourth-order valence-electron chi connectivity index (χ4n) is 1.85. The predicted octanol–water partition coefficient (Wildman–Crippen LogP) is 3.32. The first-order chi connectivity index (χ1) is 10.1. The lowest BCUT2D eigenvalue weighted by Crippen LogP contribution is -2.14. The maximum atomic E-state index is 11.6. The minimum absolute atomic E-state index is 0.131. The highest BCUT2D eigenvalue weighted by molar-refractivity contribution is 5.99. The van der Waals surface area contributed by atoms with E-state index in [1.807, 2.05) is 42.5 Å². The Balaban J connectivity index is 2.01. The summed E-state index contributed by atoms with van der Waals surface area (Å²) in [6.07, 6.45) is -0.226. The van der Waals surface area contributed by atoms with E-state index in [2.05, 4.69) is 11.9 Å². The number of carbonyl (C=O) groups is 2. The Bertz CT molecular complexity index is 660. The van der Waals surface area contributed by atoms with Crippen LogP contribution in [0.25, 0.3) is 11.1 Å². The maximum absolute atomic E-state index is 11.6. The van der Waals surface area contributed by atoms with Crippen LogP contribution in [0.3, 0.4) is 0 Å². The van der Waals surface area contributed by atoms with Gasteiger partial charge < -0.3 is 10.4 Å². The molecule has 21 heavy (non-hydrogen) atoms. The van der Waals surface area contributed by atoms with Gasteiger partial charge in [-0.1, -0.05) is 49.0 Å². The van der Waals surface area contributed by atoms with Crippen molar-refractivity contribution in [3.8, 4) is 11.1 Å². The summed E-state index contributed by atoms with van der Waals surface area (Å²) in [5.41, 5.74) is 2.63. The van der Waals surface area contributed by atoms with Gasteiger partial charge in [0, 0.05) is 11.3 Å². The Hall–Kier alpha value is -2.88. The van der Waals surface area contributed by atoms with Crippen LogP contribution in [-0.2, 0) is 9.59 Å². The molecule has 0 aliphatic carbocycles. The molecule has 0 unspecified atom stereocenters. The number of nitrogens with one attached hydrogen (secondary N) is 1. The van der Waals surface area contributed by atoms with Crippen molar-refractivity contribution in [2.75, 3.05) is 5.32 Å². The summed E-state index contributed by atoms with van der Waals surface area (Å²) in [6, 6.07) is 17.2. The highest BCUT2D eigenvalue weighted by atomic mass is 16.4. The fourth-order valence-corrected chi connectivity index (χ4v) is 1.85. The van der Waals surface area contributed by atoms with Crippen LogP contribution in [0, 0.1) is 0 Å². The van der Waals surface area contributed by atoms with Crippen molar-refractivity contribution in [3.63, 3.8) is 0 Å². The van der Waals surface area contributed by atoms with Gasteiger partial charge in [-0.3, -0.25) is 4.79 Å². The molecule has 0 aromatic heterocycles. The molecule has 1 amide bonds. The zero-order valence-corrected chi connectivity index (χ0v) is 11.4. The number of amides is 1. The van der Waals surface area contributed by atoms with Gasteiger partial charge in [0.25, 0.3) is 0 Å². The lowest BCUT2D eigenvalue weighted by Gasteiger charge is -2.07. The van der Waals surface area contributed by atoms with Crippen LogP contribution in [0.1, 0.15) is 6.42 Å². The van der Waals surface area contributed by atoms with Crippen LogP contribution in [-0.4, -0.2) is 17.0 Å². The molecule has 0 saturated carbocycles. The normalized spacial score (nSPS) is 9.90. The van der Waals surface area contributed by atoms with Crippen molar-refractivity contribution < 1.29 is 14.7 Å². The molecule has 106 valence electrons. The van der Waals surface area contributed by atoms with Gasteiger partial charge in [0.05, 0.1) is 6.42 Å². The molecule has 0 aliphatic heterocycles. The molecule has 2 aromatic carbocycles. The summed E-state index contributed by atoms with van der Waals surface area (Å²) >= 11 is 0. The van der Waals surface area contributed by atoms with E-state index < -0.39 is 11.9 Å². The highest BCUT2D eigenvalue weighted by Gasteiger charge is 2.10. The van der Waals surface area contributed by atoms with Gasteiger partial charge in [0.1, 0.15) is 0 Å². The largest absolute Gasteiger partial charge is 0.478 e. The number of hydrogen-bond acceptors (Lipinski definition) is 2. The zero-order valence-electron chi connectivity index (χ0n) is 11.4. The van der Waals surface area contributed by atoms with Gasteiger partial charge >= 0.3 is 5.97 Å². The first-order valence-corrected chi connectivity index (χ1v) is 6.42. The minimum atomic E-state index is -1.16. The second-order valence-corrected chi connectivity index (χ2v) is 4.58. The van der Waals surface area contributed by atoms with E-state index >= 15 is 0 Å². The lowest BCUT2D eigenvalue weighted by molar-refractivity contribution is -0.133. The van der Waals surface area contributed by atoms with Crippen molar-refractivity contribution in [1.82, 2.24) is 0 Å². The van der Waals surface area contributed by atoms with Gasteiger partial charge in [-0.2, -0.15) is 0 Å². The van der Waals surface area contributed by atoms with Gasteiger partial charge in [-0.15, -0.1) is 0 Å². The molecule has 0 fully saturated rings. The van der Waals surface area contributed by atoms with Crippen LogP contribution in [0.2, 0.25) is 0 Å². The van der Waals surface area contributed by atoms with Gasteiger partial charge in [-0.05, 0) is 23.3 Å². The molecule has 0 radical (unpaired) electrons. The van der Waals surface area contributed by atoms with E-state index in [-0.39, 0.29) is 12.0 Å². The zero-order chi connectivity index (χ0) is 15.2. The quantitative estimate of drug-likeness (QED) is 0.826. The molecular formula is C17H15NO3. The predicted molar refractivity (Wildman–Crippen MR) is 81.9 cm³/mol. The van der Waals surface area contributed by atoms with E-state index in [1.54, 1.807) is 12.1 Å². The molecule has 0 bridgehead atoms. The van der Waals surface area contributed by atoms with Crippen molar-refractivity contribution in [3.05, 3.63) is 66.7 Å². The second-order valence-electron chi connectivity index (χ2n) is 4.58. The Morgan fingerprint density at radius 3 is 2.10 bits per heavy atom. The summed E-state index contributed by atoms with van der Waals surface area (Å²) in [4.78, 5) is 22.3. The smallest absolute Gasteiger partial charge is 0.331 e. The average Bonchev–Trinajstić information content (AvgIpc) is 2.48. The van der Waals surface area contributed by atoms with Crippen molar-refractivity contribution in [1.29, 1.82) is 0 Å². The topological polar surface area (TPSA) is 66.4 Å². The van der Waals surface area contributed by atoms with Crippen LogP contribution < -0.4 is 5.32 Å². The molecule has 0 saturated heterocycles. The molecule has 0 atom stereocenters. The number of rotatable bonds is 5. The number of aliphatic carboxylic acids is 1. The molecule has 4 nitrogen and oxygen atoms in total. The minimum Gasteiger partial charge on any atom is -0.478 e. The number of benzene rings is 2. The van der Waals surface area contributed by atoms with E-state index in [9.17, 15) is 9.59 Å². The summed E-state index contributed by atoms with van der Waals surface area (Å²) in [6.45, 7) is 3.33. The third-order valence-corrected chi connectivity index (χ3v) is 2.95. The number of hydrogen-bond donors (Lipinski definition) is 2. The monoisotopic (exact) mass is 281 g/mol. The number of carbonyl (C=O) groups excluding carboxylic acids is 1. The number of carboxylic acids is 1. The van der Waals surface area contributed by atoms with Crippen molar-refractivity contribution in [2.24, 2.45) is 0 Å². The third kappa shape index (κ3) is 4.04. The van der Waals surface area contributed by atoms with Crippen molar-refractivity contribution in [2.45, 2.75) is 6.42 Å². The van der Waals surface area contributed by atoms with Crippen LogP contribution in [0.4, 0.5) is 5.69 Å². The first kappa shape index (κ1) is 14.5.